The second-order valence-corrected chi connectivity index (χ2v) is 10.5. The summed E-state index contributed by atoms with van der Waals surface area (Å²) in [5, 5.41) is 5.63. The molecule has 0 spiro atoms. The summed E-state index contributed by atoms with van der Waals surface area (Å²) in [7, 11) is 0. The van der Waals surface area contributed by atoms with Crippen molar-refractivity contribution in [2.75, 3.05) is 6.73 Å². The molecule has 2 aliphatic rings. The van der Waals surface area contributed by atoms with Crippen molar-refractivity contribution in [3.8, 4) is 5.75 Å². The van der Waals surface area contributed by atoms with Crippen LogP contribution in [0.15, 0.2) is 41.3 Å². The van der Waals surface area contributed by atoms with E-state index in [1.54, 1.807) is 0 Å². The van der Waals surface area contributed by atoms with Gasteiger partial charge in [-0.25, -0.2) is 8.78 Å². The van der Waals surface area contributed by atoms with Gasteiger partial charge in [0.05, 0.1) is 15.6 Å². The number of carbonyl (C=O) groups excluding carboxylic acids is 2. The van der Waals surface area contributed by atoms with E-state index in [2.05, 4.69) is 10.6 Å². The Hall–Kier alpha value is -3.17. The van der Waals surface area contributed by atoms with Crippen LogP contribution in [-0.4, -0.2) is 29.2 Å². The molecule has 11 heteroatoms. The predicted molar refractivity (Wildman–Crippen MR) is 140 cm³/mol. The van der Waals surface area contributed by atoms with Crippen LogP contribution in [0.25, 0.3) is 10.9 Å². The molecule has 200 valence electrons. The summed E-state index contributed by atoms with van der Waals surface area (Å²) >= 11 is 11.6. The number of nitrogens with zero attached hydrogens (tertiary/aromatic N) is 1. The maximum atomic E-state index is 14.1. The first-order valence-electron chi connectivity index (χ1n) is 12.4. The van der Waals surface area contributed by atoms with E-state index in [1.165, 1.54) is 24.4 Å². The van der Waals surface area contributed by atoms with Crippen LogP contribution in [0.5, 0.6) is 5.75 Å². The molecule has 0 unspecified atom stereocenters. The van der Waals surface area contributed by atoms with Gasteiger partial charge in [0, 0.05) is 35.7 Å². The predicted octanol–water partition coefficient (Wildman–Crippen LogP) is 5.36. The molecule has 2 aromatic carbocycles. The van der Waals surface area contributed by atoms with E-state index in [9.17, 15) is 23.2 Å². The molecule has 2 amide bonds. The van der Waals surface area contributed by atoms with Crippen molar-refractivity contribution < 1.29 is 23.1 Å². The third-order valence-electron chi connectivity index (χ3n) is 7.07. The molecule has 3 aromatic rings. The SMILES string of the molecule is O=C(N[C@H]1CC[C@H](C(=O)NCOc2ccc(Cl)c(F)c2)CC1)c1cn(C2CC2)c2cc(Cl)c(F)cc2c1=O. The second-order valence-electron chi connectivity index (χ2n) is 9.72. The van der Waals surface area contributed by atoms with Gasteiger partial charge in [0.2, 0.25) is 11.3 Å². The topological polar surface area (TPSA) is 89.4 Å². The standard InChI is InChI=1S/C27H25Cl2F2N3O4/c28-20-8-7-17(9-22(20)30)38-13-32-26(36)14-1-3-15(4-2-14)33-27(37)19-12-34(16-5-6-16)24-11-21(29)23(31)10-18(24)25(19)35/h7-12,14-16H,1-6,13H2,(H,32,36)(H,33,37)/t14-,15-. The smallest absolute Gasteiger partial charge is 0.256 e. The average molecular weight is 564 g/mol. The van der Waals surface area contributed by atoms with Crippen molar-refractivity contribution in [2.24, 2.45) is 5.92 Å². The molecular weight excluding hydrogens is 539 g/mol. The van der Waals surface area contributed by atoms with Crippen molar-refractivity contribution in [3.63, 3.8) is 0 Å². The van der Waals surface area contributed by atoms with Gasteiger partial charge in [0.1, 0.15) is 22.9 Å². The molecule has 2 fully saturated rings. The Kier molecular flexibility index (Phi) is 7.59. The Bertz CT molecular complexity index is 1470. The molecule has 0 saturated heterocycles. The maximum Gasteiger partial charge on any atom is 0.256 e. The highest BCUT2D eigenvalue weighted by Crippen LogP contribution is 2.37. The second kappa shape index (κ2) is 10.9. The number of fused-ring (bicyclic) bond motifs is 1. The lowest BCUT2D eigenvalue weighted by Crippen LogP contribution is -2.42. The molecule has 2 N–H and O–H groups in total. The highest BCUT2D eigenvalue weighted by atomic mass is 35.5. The fourth-order valence-electron chi connectivity index (χ4n) is 4.83. The van der Waals surface area contributed by atoms with E-state index >= 15 is 0 Å². The van der Waals surface area contributed by atoms with Gasteiger partial charge >= 0.3 is 0 Å². The first-order valence-corrected chi connectivity index (χ1v) is 13.2. The number of halogens is 4. The van der Waals surface area contributed by atoms with Crippen LogP contribution in [0.2, 0.25) is 10.0 Å². The summed E-state index contributed by atoms with van der Waals surface area (Å²) in [6.07, 6.45) is 5.55. The minimum atomic E-state index is -0.710. The monoisotopic (exact) mass is 563 g/mol. The van der Waals surface area contributed by atoms with Crippen LogP contribution in [0, 0.1) is 17.6 Å². The van der Waals surface area contributed by atoms with E-state index in [4.69, 9.17) is 27.9 Å². The third kappa shape index (κ3) is 5.63. The van der Waals surface area contributed by atoms with Crippen LogP contribution in [0.4, 0.5) is 8.78 Å². The van der Waals surface area contributed by atoms with Crippen molar-refractivity contribution in [1.29, 1.82) is 0 Å². The average Bonchev–Trinajstić information content (AvgIpc) is 3.73. The third-order valence-corrected chi connectivity index (χ3v) is 7.66. The van der Waals surface area contributed by atoms with Gasteiger partial charge in [-0.1, -0.05) is 23.2 Å². The molecule has 7 nitrogen and oxygen atoms in total. The molecule has 1 heterocycles. The Morgan fingerprint density at radius 1 is 0.974 bits per heavy atom. The van der Waals surface area contributed by atoms with Crippen molar-refractivity contribution in [1.82, 2.24) is 15.2 Å². The van der Waals surface area contributed by atoms with Gasteiger partial charge < -0.3 is 19.9 Å². The largest absolute Gasteiger partial charge is 0.473 e. The van der Waals surface area contributed by atoms with Crippen molar-refractivity contribution >= 4 is 45.9 Å². The fourth-order valence-corrected chi connectivity index (χ4v) is 5.10. The molecule has 0 aliphatic heterocycles. The van der Waals surface area contributed by atoms with Gasteiger partial charge in [-0.15, -0.1) is 0 Å². The molecular formula is C27H25Cl2F2N3O4. The van der Waals surface area contributed by atoms with Gasteiger partial charge in [0.15, 0.2) is 6.73 Å². The van der Waals surface area contributed by atoms with E-state index in [0.717, 1.165) is 25.0 Å². The number of benzene rings is 2. The molecule has 2 saturated carbocycles. The molecule has 5 rings (SSSR count). The van der Waals surface area contributed by atoms with Crippen molar-refractivity contribution in [2.45, 2.75) is 50.6 Å². The van der Waals surface area contributed by atoms with Gasteiger partial charge in [-0.3, -0.25) is 14.4 Å². The van der Waals surface area contributed by atoms with Crippen LogP contribution >= 0.6 is 23.2 Å². The number of amides is 2. The van der Waals surface area contributed by atoms with Crippen LogP contribution in [-0.2, 0) is 4.79 Å². The quantitative estimate of drug-likeness (QED) is 0.378. The van der Waals surface area contributed by atoms with Gasteiger partial charge in [0.25, 0.3) is 5.91 Å². The Balaban J connectivity index is 1.18. The molecule has 0 radical (unpaired) electrons. The highest BCUT2D eigenvalue weighted by Gasteiger charge is 2.30. The van der Waals surface area contributed by atoms with Crippen molar-refractivity contribution in [3.05, 3.63) is 74.0 Å². The summed E-state index contributed by atoms with van der Waals surface area (Å²) in [4.78, 5) is 38.7. The fraction of sp³-hybridized carbons (Fsp3) is 0.370. The molecule has 0 bridgehead atoms. The first kappa shape index (κ1) is 26.4. The zero-order valence-electron chi connectivity index (χ0n) is 20.2. The Morgan fingerprint density at radius 2 is 1.68 bits per heavy atom. The zero-order valence-corrected chi connectivity index (χ0v) is 21.7. The van der Waals surface area contributed by atoms with Gasteiger partial charge in [-0.2, -0.15) is 0 Å². The molecule has 0 atom stereocenters. The highest BCUT2D eigenvalue weighted by molar-refractivity contribution is 6.31. The number of hydrogen-bond acceptors (Lipinski definition) is 4. The summed E-state index contributed by atoms with van der Waals surface area (Å²) in [5.41, 5.74) is -0.0717. The minimum Gasteiger partial charge on any atom is -0.473 e. The lowest BCUT2D eigenvalue weighted by molar-refractivity contribution is -0.126. The lowest BCUT2D eigenvalue weighted by Gasteiger charge is -2.28. The number of ether oxygens (including phenoxy) is 1. The number of pyridine rings is 1. The Morgan fingerprint density at radius 3 is 2.37 bits per heavy atom. The maximum absolute atomic E-state index is 14.1. The number of rotatable bonds is 7. The van der Waals surface area contributed by atoms with Crippen LogP contribution < -0.4 is 20.8 Å². The number of carbonyl (C=O) groups is 2. The summed E-state index contributed by atoms with van der Waals surface area (Å²) in [5.74, 6) is -2.03. The number of hydrogen-bond donors (Lipinski definition) is 2. The normalized spacial score (nSPS) is 19.3. The van der Waals surface area contributed by atoms with Crippen LogP contribution in [0.1, 0.15) is 54.9 Å². The molecule has 38 heavy (non-hydrogen) atoms. The molecule has 2 aliphatic carbocycles. The number of aromatic nitrogens is 1. The minimum absolute atomic E-state index is 0.0155. The first-order chi connectivity index (χ1) is 18.2. The molecule has 1 aromatic heterocycles. The summed E-state index contributed by atoms with van der Waals surface area (Å²) in [6, 6.07) is 6.48. The zero-order chi connectivity index (χ0) is 27.0. The van der Waals surface area contributed by atoms with Crippen LogP contribution in [0.3, 0.4) is 0 Å². The van der Waals surface area contributed by atoms with E-state index in [1.807, 2.05) is 4.57 Å². The van der Waals surface area contributed by atoms with Gasteiger partial charge in [-0.05, 0) is 62.8 Å². The lowest BCUT2D eigenvalue weighted by atomic mass is 9.85. The van der Waals surface area contributed by atoms with E-state index in [0.29, 0.717) is 31.2 Å². The summed E-state index contributed by atoms with van der Waals surface area (Å²) < 4.78 is 34.8. The van der Waals surface area contributed by atoms with E-state index in [-0.39, 0.29) is 57.4 Å². The summed E-state index contributed by atoms with van der Waals surface area (Å²) in [6.45, 7) is -0.113. The Labute approximate surface area is 227 Å². The number of nitrogens with one attached hydrogen (secondary N) is 2. The van der Waals surface area contributed by atoms with E-state index < -0.39 is 23.0 Å².